The first kappa shape index (κ1) is 14.2. The molecule has 0 aromatic heterocycles. The minimum Gasteiger partial charge on any atom is -0.492 e. The second-order valence-corrected chi connectivity index (χ2v) is 5.37. The van der Waals surface area contributed by atoms with Crippen LogP contribution in [0.25, 0.3) is 0 Å². The van der Waals surface area contributed by atoms with Crippen molar-refractivity contribution < 1.29 is 4.74 Å². The van der Waals surface area contributed by atoms with Crippen molar-refractivity contribution >= 4 is 23.2 Å². The van der Waals surface area contributed by atoms with Crippen LogP contribution in [0.5, 0.6) is 5.75 Å². The van der Waals surface area contributed by atoms with Gasteiger partial charge in [-0.25, -0.2) is 0 Å². The van der Waals surface area contributed by atoms with Crippen LogP contribution < -0.4 is 4.74 Å². The van der Waals surface area contributed by atoms with Gasteiger partial charge in [0.2, 0.25) is 0 Å². The molecule has 2 nitrogen and oxygen atoms in total. The molecule has 0 saturated carbocycles. The fourth-order valence-electron chi connectivity index (χ4n) is 1.34. The maximum absolute atomic E-state index is 8.86. The van der Waals surface area contributed by atoms with E-state index >= 15 is 0 Å². The van der Waals surface area contributed by atoms with E-state index in [0.29, 0.717) is 22.4 Å². The lowest BCUT2D eigenvalue weighted by molar-refractivity contribution is 0.284. The van der Waals surface area contributed by atoms with Gasteiger partial charge in [-0.3, -0.25) is 0 Å². The molecule has 0 saturated heterocycles. The molecule has 0 aliphatic carbocycles. The third-order valence-corrected chi connectivity index (χ3v) is 2.95. The molecule has 0 fully saturated rings. The van der Waals surface area contributed by atoms with Crippen LogP contribution in [0.1, 0.15) is 26.7 Å². The van der Waals surface area contributed by atoms with E-state index < -0.39 is 0 Å². The molecule has 0 aliphatic heterocycles. The first-order chi connectivity index (χ1) is 7.94. The summed E-state index contributed by atoms with van der Waals surface area (Å²) in [6, 6.07) is 7.38. The number of benzene rings is 1. The van der Waals surface area contributed by atoms with Crippen molar-refractivity contribution in [2.45, 2.75) is 26.7 Å². The Labute approximate surface area is 112 Å². The number of hydrogen-bond acceptors (Lipinski definition) is 2. The Morgan fingerprint density at radius 3 is 2.71 bits per heavy atom. The molecule has 4 heteroatoms. The van der Waals surface area contributed by atoms with Gasteiger partial charge in [-0.1, -0.05) is 23.2 Å². The zero-order valence-electron chi connectivity index (χ0n) is 9.96. The van der Waals surface area contributed by atoms with Crippen LogP contribution in [0.2, 0.25) is 10.0 Å². The molecule has 1 aromatic carbocycles. The lowest BCUT2D eigenvalue weighted by Gasteiger charge is -2.15. The second kappa shape index (κ2) is 6.14. The van der Waals surface area contributed by atoms with Crippen LogP contribution in [0, 0.1) is 16.7 Å². The third kappa shape index (κ3) is 4.85. The highest BCUT2D eigenvalue weighted by Crippen LogP contribution is 2.28. The molecule has 0 atom stereocenters. The van der Waals surface area contributed by atoms with Gasteiger partial charge in [-0.15, -0.1) is 0 Å². The number of rotatable bonds is 5. The zero-order valence-corrected chi connectivity index (χ0v) is 11.5. The Hall–Kier alpha value is -0.910. The van der Waals surface area contributed by atoms with Crippen molar-refractivity contribution in [3.05, 3.63) is 28.2 Å². The predicted octanol–water partition coefficient (Wildman–Crippen LogP) is 4.70. The van der Waals surface area contributed by atoms with Gasteiger partial charge in [0.05, 0.1) is 23.1 Å². The Morgan fingerprint density at radius 2 is 2.06 bits per heavy atom. The summed E-state index contributed by atoms with van der Waals surface area (Å²) in [5.41, 5.74) is -0.304. The highest BCUT2D eigenvalue weighted by molar-refractivity contribution is 6.34. The molecule has 1 rings (SSSR count). The monoisotopic (exact) mass is 271 g/mol. The van der Waals surface area contributed by atoms with Gasteiger partial charge in [0.25, 0.3) is 0 Å². The molecule has 0 N–H and O–H groups in total. The van der Waals surface area contributed by atoms with Gasteiger partial charge >= 0.3 is 0 Å². The zero-order chi connectivity index (χ0) is 12.9. The number of halogens is 2. The average molecular weight is 272 g/mol. The van der Waals surface area contributed by atoms with Crippen LogP contribution in [-0.2, 0) is 0 Å². The van der Waals surface area contributed by atoms with Crippen molar-refractivity contribution in [1.82, 2.24) is 0 Å². The van der Waals surface area contributed by atoms with E-state index in [1.165, 1.54) is 0 Å². The van der Waals surface area contributed by atoms with Crippen LogP contribution in [-0.4, -0.2) is 6.61 Å². The summed E-state index contributed by atoms with van der Waals surface area (Å²) >= 11 is 11.8. The largest absolute Gasteiger partial charge is 0.492 e. The number of ether oxygens (including phenoxy) is 1. The molecule has 0 amide bonds. The SMILES string of the molecule is CC(C)(C#N)CCCOc1cc(Cl)ccc1Cl. The molecule has 0 bridgehead atoms. The summed E-state index contributed by atoms with van der Waals surface area (Å²) in [6.45, 7) is 4.36. The Kier molecular flexibility index (Phi) is 5.11. The van der Waals surface area contributed by atoms with Crippen LogP contribution >= 0.6 is 23.2 Å². The third-order valence-electron chi connectivity index (χ3n) is 2.40. The summed E-state index contributed by atoms with van der Waals surface area (Å²) in [5, 5.41) is 10.0. The number of nitriles is 1. The molecule has 92 valence electrons. The highest BCUT2D eigenvalue weighted by atomic mass is 35.5. The van der Waals surface area contributed by atoms with E-state index in [9.17, 15) is 0 Å². The van der Waals surface area contributed by atoms with Crippen LogP contribution in [0.3, 0.4) is 0 Å². The van der Waals surface area contributed by atoms with E-state index in [-0.39, 0.29) is 5.41 Å². The molecular formula is C13H15Cl2NO. The molecule has 0 radical (unpaired) electrons. The Morgan fingerprint density at radius 1 is 1.35 bits per heavy atom. The topological polar surface area (TPSA) is 33.0 Å². The van der Waals surface area contributed by atoms with Crippen molar-refractivity contribution in [3.63, 3.8) is 0 Å². The van der Waals surface area contributed by atoms with Gasteiger partial charge in [0, 0.05) is 11.1 Å². The summed E-state index contributed by atoms with van der Waals surface area (Å²) in [4.78, 5) is 0. The predicted molar refractivity (Wildman–Crippen MR) is 70.6 cm³/mol. The number of nitrogens with zero attached hydrogens (tertiary/aromatic N) is 1. The molecule has 0 unspecified atom stereocenters. The van der Waals surface area contributed by atoms with Gasteiger partial charge < -0.3 is 4.74 Å². The summed E-state index contributed by atoms with van der Waals surface area (Å²) in [7, 11) is 0. The highest BCUT2D eigenvalue weighted by Gasteiger charge is 2.15. The molecule has 1 aromatic rings. The van der Waals surface area contributed by atoms with Crippen LogP contribution in [0.4, 0.5) is 0 Å². The van der Waals surface area contributed by atoms with E-state index in [1.807, 2.05) is 13.8 Å². The van der Waals surface area contributed by atoms with Crippen molar-refractivity contribution in [2.24, 2.45) is 5.41 Å². The first-order valence-corrected chi connectivity index (χ1v) is 6.19. The van der Waals surface area contributed by atoms with Crippen molar-refractivity contribution in [1.29, 1.82) is 5.26 Å². The maximum Gasteiger partial charge on any atom is 0.139 e. The normalized spacial score (nSPS) is 11.0. The van der Waals surface area contributed by atoms with Gasteiger partial charge in [-0.05, 0) is 38.8 Å². The van der Waals surface area contributed by atoms with E-state index in [4.69, 9.17) is 33.2 Å². The van der Waals surface area contributed by atoms with Gasteiger partial charge in [0.1, 0.15) is 5.75 Å². The summed E-state index contributed by atoms with van der Waals surface area (Å²) < 4.78 is 5.53. The maximum atomic E-state index is 8.86. The second-order valence-electron chi connectivity index (χ2n) is 4.52. The minimum atomic E-state index is -0.304. The van der Waals surface area contributed by atoms with E-state index in [0.717, 1.165) is 12.8 Å². The average Bonchev–Trinajstić information content (AvgIpc) is 2.29. The Bertz CT molecular complexity index is 424. The summed E-state index contributed by atoms with van der Waals surface area (Å²) in [5.74, 6) is 0.592. The molecule has 17 heavy (non-hydrogen) atoms. The van der Waals surface area contributed by atoms with Crippen molar-refractivity contribution in [2.75, 3.05) is 6.61 Å². The molecular weight excluding hydrogens is 257 g/mol. The minimum absolute atomic E-state index is 0.304. The lowest BCUT2D eigenvalue weighted by Crippen LogP contribution is -2.10. The van der Waals surface area contributed by atoms with Crippen molar-refractivity contribution in [3.8, 4) is 11.8 Å². The molecule has 0 spiro atoms. The fraction of sp³-hybridized carbons (Fsp3) is 0.462. The van der Waals surface area contributed by atoms with E-state index in [2.05, 4.69) is 6.07 Å². The van der Waals surface area contributed by atoms with E-state index in [1.54, 1.807) is 18.2 Å². The molecule has 0 heterocycles. The smallest absolute Gasteiger partial charge is 0.139 e. The Balaban J connectivity index is 2.42. The lowest BCUT2D eigenvalue weighted by atomic mass is 9.90. The standard InChI is InChI=1S/C13H15Cl2NO/c1-13(2,9-16)6-3-7-17-12-8-10(14)4-5-11(12)15/h4-5,8H,3,6-7H2,1-2H3. The van der Waals surface area contributed by atoms with Crippen LogP contribution in [0.15, 0.2) is 18.2 Å². The summed E-state index contributed by atoms with van der Waals surface area (Å²) in [6.07, 6.45) is 1.60. The quantitative estimate of drug-likeness (QED) is 0.728. The van der Waals surface area contributed by atoms with Gasteiger partial charge in [0.15, 0.2) is 0 Å². The molecule has 0 aliphatic rings. The fourth-order valence-corrected chi connectivity index (χ4v) is 1.67. The number of hydrogen-bond donors (Lipinski definition) is 0. The van der Waals surface area contributed by atoms with Gasteiger partial charge in [-0.2, -0.15) is 5.26 Å². The first-order valence-electron chi connectivity index (χ1n) is 5.44.